The van der Waals surface area contributed by atoms with Crippen LogP contribution in [0.15, 0.2) is 107 Å². The first-order valence-corrected chi connectivity index (χ1v) is 10.2. The number of ether oxygens (including phenoxy) is 1. The highest BCUT2D eigenvalue weighted by molar-refractivity contribution is 7.99. The third-order valence-corrected chi connectivity index (χ3v) is 5.75. The lowest BCUT2D eigenvalue weighted by Gasteiger charge is -2.17. The van der Waals surface area contributed by atoms with Gasteiger partial charge in [-0.2, -0.15) is 0 Å². The summed E-state index contributed by atoms with van der Waals surface area (Å²) >= 11 is 1.63. The molecule has 4 heteroatoms. The number of hydrogen-bond donors (Lipinski definition) is 1. The highest BCUT2D eigenvalue weighted by Crippen LogP contribution is 2.31. The molecule has 0 aromatic heterocycles. The van der Waals surface area contributed by atoms with Crippen LogP contribution in [0.3, 0.4) is 0 Å². The Bertz CT molecular complexity index is 1120. The van der Waals surface area contributed by atoms with E-state index in [0.29, 0.717) is 5.75 Å². The first-order chi connectivity index (χ1) is 14.2. The van der Waals surface area contributed by atoms with Crippen molar-refractivity contribution in [1.82, 2.24) is 0 Å². The van der Waals surface area contributed by atoms with Crippen molar-refractivity contribution in [2.75, 3.05) is 0 Å². The molecule has 0 aliphatic heterocycles. The van der Waals surface area contributed by atoms with Gasteiger partial charge in [0.2, 0.25) is 0 Å². The zero-order valence-corrected chi connectivity index (χ0v) is 16.5. The molecule has 0 heterocycles. The van der Waals surface area contributed by atoms with Gasteiger partial charge in [0.25, 0.3) is 0 Å². The molecule has 144 valence electrons. The summed E-state index contributed by atoms with van der Waals surface area (Å²) in [5.74, 6) is -0.415. The summed E-state index contributed by atoms with van der Waals surface area (Å²) in [5, 5.41) is 11.9. The van der Waals surface area contributed by atoms with E-state index in [1.165, 1.54) is 0 Å². The maximum Gasteiger partial charge on any atom is 0.345 e. The van der Waals surface area contributed by atoms with Gasteiger partial charge in [0.1, 0.15) is 5.75 Å². The molecule has 0 aliphatic rings. The molecule has 0 radical (unpaired) electrons. The van der Waals surface area contributed by atoms with E-state index in [4.69, 9.17) is 4.74 Å². The molecule has 0 amide bonds. The van der Waals surface area contributed by atoms with Gasteiger partial charge in [0.05, 0.1) is 0 Å². The normalized spacial score (nSPS) is 11.9. The van der Waals surface area contributed by atoms with Crippen molar-refractivity contribution >= 4 is 28.5 Å². The van der Waals surface area contributed by atoms with Crippen LogP contribution < -0.4 is 4.74 Å². The molecule has 1 N–H and O–H groups in total. The number of carboxylic acid groups (broad SMARTS) is 1. The van der Waals surface area contributed by atoms with E-state index >= 15 is 0 Å². The number of hydrogen-bond acceptors (Lipinski definition) is 3. The minimum Gasteiger partial charge on any atom is -0.478 e. The van der Waals surface area contributed by atoms with Crippen molar-refractivity contribution in [2.45, 2.75) is 22.3 Å². The number of fused-ring (bicyclic) bond motifs is 1. The Kier molecular flexibility index (Phi) is 5.82. The number of benzene rings is 4. The van der Waals surface area contributed by atoms with E-state index < -0.39 is 12.1 Å². The van der Waals surface area contributed by atoms with Crippen molar-refractivity contribution in [3.8, 4) is 5.75 Å². The predicted molar refractivity (Wildman–Crippen MR) is 117 cm³/mol. The van der Waals surface area contributed by atoms with Crippen molar-refractivity contribution in [2.24, 2.45) is 0 Å². The predicted octanol–water partition coefficient (Wildman–Crippen LogP) is 6.07. The van der Waals surface area contributed by atoms with E-state index in [9.17, 15) is 9.90 Å². The molecule has 0 saturated carbocycles. The second kappa shape index (κ2) is 8.84. The smallest absolute Gasteiger partial charge is 0.345 e. The molecule has 0 bridgehead atoms. The van der Waals surface area contributed by atoms with Gasteiger partial charge in [-0.15, -0.1) is 0 Å². The first kappa shape index (κ1) is 19.1. The fourth-order valence-electron chi connectivity index (χ4n) is 3.17. The van der Waals surface area contributed by atoms with Crippen molar-refractivity contribution in [1.29, 1.82) is 0 Å². The Morgan fingerprint density at radius 2 is 1.52 bits per heavy atom. The van der Waals surface area contributed by atoms with E-state index in [2.05, 4.69) is 0 Å². The maximum atomic E-state index is 11.9. The quantitative estimate of drug-likeness (QED) is 0.409. The minimum absolute atomic E-state index is 0.290. The standard InChI is InChI=1S/C25H20O3S/c26-25(27)23(28-21-15-14-18-8-4-5-9-19(18)16-21)17-20-10-6-7-13-24(20)29-22-11-2-1-3-12-22/h1-16,23H,17H2,(H,26,27). The lowest BCUT2D eigenvalue weighted by molar-refractivity contribution is -0.145. The number of aliphatic carboxylic acids is 1. The van der Waals surface area contributed by atoms with Crippen molar-refractivity contribution in [3.05, 3.63) is 103 Å². The zero-order chi connectivity index (χ0) is 20.1. The molecule has 3 nitrogen and oxygen atoms in total. The van der Waals surface area contributed by atoms with E-state index in [1.807, 2.05) is 97.1 Å². The Morgan fingerprint density at radius 1 is 0.828 bits per heavy atom. The Morgan fingerprint density at radius 3 is 2.31 bits per heavy atom. The Labute approximate surface area is 174 Å². The zero-order valence-electron chi connectivity index (χ0n) is 15.7. The van der Waals surface area contributed by atoms with Crippen LogP contribution in [-0.2, 0) is 11.2 Å². The first-order valence-electron chi connectivity index (χ1n) is 9.38. The van der Waals surface area contributed by atoms with Gasteiger partial charge in [-0.1, -0.05) is 78.5 Å². The van der Waals surface area contributed by atoms with Gasteiger partial charge in [-0.3, -0.25) is 0 Å². The van der Waals surface area contributed by atoms with Crippen LogP contribution in [0.25, 0.3) is 10.8 Å². The topological polar surface area (TPSA) is 46.5 Å². The average molecular weight is 400 g/mol. The fourth-order valence-corrected chi connectivity index (χ4v) is 4.15. The third kappa shape index (κ3) is 4.79. The van der Waals surface area contributed by atoms with Gasteiger partial charge < -0.3 is 9.84 Å². The van der Waals surface area contributed by atoms with E-state index in [-0.39, 0.29) is 6.42 Å². The van der Waals surface area contributed by atoms with Crippen LogP contribution in [0.4, 0.5) is 0 Å². The van der Waals surface area contributed by atoms with Crippen LogP contribution in [0.5, 0.6) is 5.75 Å². The molecule has 1 atom stereocenters. The van der Waals surface area contributed by atoms with Crippen molar-refractivity contribution in [3.63, 3.8) is 0 Å². The largest absolute Gasteiger partial charge is 0.478 e. The maximum absolute atomic E-state index is 11.9. The van der Waals surface area contributed by atoms with Gasteiger partial charge >= 0.3 is 5.97 Å². The summed E-state index contributed by atoms with van der Waals surface area (Å²) < 4.78 is 5.88. The minimum atomic E-state index is -0.974. The molecule has 4 aromatic carbocycles. The lowest BCUT2D eigenvalue weighted by Crippen LogP contribution is -2.29. The summed E-state index contributed by atoms with van der Waals surface area (Å²) in [6.07, 6.45) is -0.674. The Balaban J connectivity index is 1.56. The summed E-state index contributed by atoms with van der Waals surface area (Å²) in [6.45, 7) is 0. The molecule has 4 aromatic rings. The molecular weight excluding hydrogens is 380 g/mol. The Hall–Kier alpha value is -3.24. The summed E-state index contributed by atoms with van der Waals surface area (Å²) in [7, 11) is 0. The van der Waals surface area contributed by atoms with Gasteiger partial charge in [-0.25, -0.2) is 4.79 Å². The SMILES string of the molecule is O=C(O)C(Cc1ccccc1Sc1ccccc1)Oc1ccc2ccccc2c1. The molecule has 1 unspecified atom stereocenters. The summed E-state index contributed by atoms with van der Waals surface area (Å²) in [4.78, 5) is 14.1. The van der Waals surface area contributed by atoms with Crippen LogP contribution in [0.2, 0.25) is 0 Å². The molecule has 0 aliphatic carbocycles. The van der Waals surface area contributed by atoms with Crippen molar-refractivity contribution < 1.29 is 14.6 Å². The second-order valence-electron chi connectivity index (χ2n) is 6.68. The highest BCUT2D eigenvalue weighted by Gasteiger charge is 2.22. The molecule has 0 fully saturated rings. The molecule has 4 rings (SSSR count). The summed E-state index contributed by atoms with van der Waals surface area (Å²) in [5.41, 5.74) is 0.953. The number of carbonyl (C=O) groups is 1. The van der Waals surface area contributed by atoms with E-state index in [1.54, 1.807) is 11.8 Å². The van der Waals surface area contributed by atoms with Gasteiger partial charge in [0.15, 0.2) is 6.10 Å². The number of rotatable bonds is 7. The average Bonchev–Trinajstić information content (AvgIpc) is 2.75. The molecule has 29 heavy (non-hydrogen) atoms. The summed E-state index contributed by atoms with van der Waals surface area (Å²) in [6, 6.07) is 31.5. The second-order valence-corrected chi connectivity index (χ2v) is 7.80. The molecule has 0 saturated heterocycles. The molecule has 0 spiro atoms. The van der Waals surface area contributed by atoms with Crippen LogP contribution in [0, 0.1) is 0 Å². The van der Waals surface area contributed by atoms with Gasteiger partial charge in [0, 0.05) is 16.2 Å². The third-order valence-electron chi connectivity index (χ3n) is 4.62. The monoisotopic (exact) mass is 400 g/mol. The van der Waals surface area contributed by atoms with Gasteiger partial charge in [-0.05, 0) is 46.7 Å². The van der Waals surface area contributed by atoms with Crippen LogP contribution in [0.1, 0.15) is 5.56 Å². The van der Waals surface area contributed by atoms with Crippen LogP contribution in [-0.4, -0.2) is 17.2 Å². The molecular formula is C25H20O3S. The van der Waals surface area contributed by atoms with Crippen LogP contribution >= 0.6 is 11.8 Å². The highest BCUT2D eigenvalue weighted by atomic mass is 32.2. The fraction of sp³-hybridized carbons (Fsp3) is 0.0800. The van der Waals surface area contributed by atoms with E-state index in [0.717, 1.165) is 26.1 Å². The number of carboxylic acids is 1. The lowest BCUT2D eigenvalue weighted by atomic mass is 10.1.